The van der Waals surface area contributed by atoms with E-state index >= 15 is 0 Å². The quantitative estimate of drug-likeness (QED) is 0.807. The molecule has 2 N–H and O–H groups in total. The number of rotatable bonds is 4. The number of aromatic nitrogens is 2. The van der Waals surface area contributed by atoms with Crippen molar-refractivity contribution in [1.29, 1.82) is 0 Å². The van der Waals surface area contributed by atoms with E-state index in [2.05, 4.69) is 21.2 Å². The minimum atomic E-state index is -4.14. The summed E-state index contributed by atoms with van der Waals surface area (Å²) in [5.41, 5.74) is 0.684. The van der Waals surface area contributed by atoms with Crippen LogP contribution in [0.3, 0.4) is 0 Å². The molecule has 2 rings (SSSR count). The summed E-state index contributed by atoms with van der Waals surface area (Å²) < 4.78 is 31.4. The Morgan fingerprint density at radius 1 is 1.29 bits per heavy atom. The van der Waals surface area contributed by atoms with Crippen LogP contribution in [0.25, 0.3) is 0 Å². The van der Waals surface area contributed by atoms with E-state index < -0.39 is 16.1 Å². The van der Waals surface area contributed by atoms with Crippen molar-refractivity contribution < 1.29 is 17.9 Å². The van der Waals surface area contributed by atoms with Gasteiger partial charge in [-0.1, -0.05) is 18.1 Å². The van der Waals surface area contributed by atoms with Gasteiger partial charge in [0.2, 0.25) is 11.8 Å². The Morgan fingerprint density at radius 3 is 2.67 bits per heavy atom. The molecule has 0 unspecified atom stereocenters. The average Bonchev–Trinajstić information content (AvgIpc) is 2.53. The first kappa shape index (κ1) is 17.2. The Labute approximate surface area is 139 Å². The minimum absolute atomic E-state index is 0.0928. The van der Waals surface area contributed by atoms with Gasteiger partial charge in [-0.3, -0.25) is 5.32 Å². The van der Waals surface area contributed by atoms with Gasteiger partial charge in [0.05, 0.1) is 7.11 Å². The number of nitrogens with zero attached hydrogens (tertiary/aromatic N) is 2. The summed E-state index contributed by atoms with van der Waals surface area (Å²) in [4.78, 5) is 19.6. The molecule has 1 heterocycles. The van der Waals surface area contributed by atoms with Crippen molar-refractivity contribution in [1.82, 2.24) is 14.7 Å². The first-order valence-electron chi connectivity index (χ1n) is 6.65. The molecule has 24 heavy (non-hydrogen) atoms. The molecule has 1 aromatic carbocycles. The molecule has 2 amide bonds. The number of ether oxygens (including phenoxy) is 1. The predicted octanol–water partition coefficient (Wildman–Crippen LogP) is 1.29. The number of carbonyl (C=O) groups excluding carboxylic acids is 1. The number of aryl methyl sites for hydroxylation is 1. The van der Waals surface area contributed by atoms with Gasteiger partial charge in [-0.25, -0.2) is 22.9 Å². The van der Waals surface area contributed by atoms with Crippen molar-refractivity contribution in [3.8, 4) is 18.2 Å². The monoisotopic (exact) mass is 346 g/mol. The molecule has 0 radical (unpaired) electrons. The van der Waals surface area contributed by atoms with E-state index in [-0.39, 0.29) is 22.3 Å². The Hall–Kier alpha value is -3.12. The molecular weight excluding hydrogens is 332 g/mol. The van der Waals surface area contributed by atoms with Crippen LogP contribution < -0.4 is 14.8 Å². The Balaban J connectivity index is 2.20. The second-order valence-electron chi connectivity index (χ2n) is 4.58. The third-order valence-electron chi connectivity index (χ3n) is 2.82. The van der Waals surface area contributed by atoms with E-state index in [1.165, 1.54) is 25.3 Å². The zero-order chi connectivity index (χ0) is 17.7. The van der Waals surface area contributed by atoms with E-state index in [4.69, 9.17) is 11.2 Å². The Bertz CT molecular complexity index is 919. The van der Waals surface area contributed by atoms with E-state index in [0.717, 1.165) is 0 Å². The standard InChI is InChI=1S/C15H14N4O4S/c1-4-11-7-5-6-8-12(11)24(21,22)19-15(20)18-14-16-10(2)9-13(17-14)23-3/h1,5-9H,2-3H3,(H2,16,17,18,19,20). The number of nitrogens with one attached hydrogen (secondary N) is 2. The van der Waals surface area contributed by atoms with Gasteiger partial charge in [0.25, 0.3) is 10.0 Å². The third-order valence-corrected chi connectivity index (χ3v) is 4.21. The summed E-state index contributed by atoms with van der Waals surface area (Å²) >= 11 is 0. The fraction of sp³-hybridized carbons (Fsp3) is 0.133. The Morgan fingerprint density at radius 2 is 2.00 bits per heavy atom. The van der Waals surface area contributed by atoms with E-state index in [1.54, 1.807) is 19.1 Å². The molecule has 0 spiro atoms. The minimum Gasteiger partial charge on any atom is -0.481 e. The normalized spacial score (nSPS) is 10.5. The highest BCUT2D eigenvalue weighted by Gasteiger charge is 2.21. The number of amides is 2. The van der Waals surface area contributed by atoms with Gasteiger partial charge in [0.15, 0.2) is 0 Å². The van der Waals surface area contributed by atoms with Gasteiger partial charge in [0.1, 0.15) is 4.90 Å². The zero-order valence-electron chi connectivity index (χ0n) is 12.9. The van der Waals surface area contributed by atoms with Crippen molar-refractivity contribution in [2.24, 2.45) is 0 Å². The maximum Gasteiger partial charge on any atom is 0.335 e. The van der Waals surface area contributed by atoms with Crippen molar-refractivity contribution in [2.45, 2.75) is 11.8 Å². The van der Waals surface area contributed by atoms with Crippen LogP contribution in [0.15, 0.2) is 35.2 Å². The summed E-state index contributed by atoms with van der Waals surface area (Å²) in [6.45, 7) is 1.67. The van der Waals surface area contributed by atoms with Crippen molar-refractivity contribution in [3.63, 3.8) is 0 Å². The number of hydrogen-bond acceptors (Lipinski definition) is 6. The van der Waals surface area contributed by atoms with Gasteiger partial charge in [0, 0.05) is 17.3 Å². The fourth-order valence-corrected chi connectivity index (χ4v) is 2.90. The summed E-state index contributed by atoms with van der Waals surface area (Å²) in [7, 11) is -2.73. The lowest BCUT2D eigenvalue weighted by Crippen LogP contribution is -2.35. The highest BCUT2D eigenvalue weighted by molar-refractivity contribution is 7.90. The van der Waals surface area contributed by atoms with Crippen LogP contribution in [0.4, 0.5) is 10.7 Å². The molecule has 0 aliphatic rings. The fourth-order valence-electron chi connectivity index (χ4n) is 1.82. The number of methoxy groups -OCH3 is 1. The highest BCUT2D eigenvalue weighted by Crippen LogP contribution is 2.15. The lowest BCUT2D eigenvalue weighted by molar-refractivity contribution is 0.256. The van der Waals surface area contributed by atoms with Crippen molar-refractivity contribution >= 4 is 22.0 Å². The number of urea groups is 1. The SMILES string of the molecule is C#Cc1ccccc1S(=O)(=O)NC(=O)Nc1nc(C)cc(OC)n1. The van der Waals surface area contributed by atoms with Crippen LogP contribution in [0.2, 0.25) is 0 Å². The van der Waals surface area contributed by atoms with Crippen LogP contribution >= 0.6 is 0 Å². The van der Waals surface area contributed by atoms with Crippen molar-refractivity contribution in [2.75, 3.05) is 12.4 Å². The molecule has 9 heteroatoms. The van der Waals surface area contributed by atoms with E-state index in [1.807, 2.05) is 4.72 Å². The van der Waals surface area contributed by atoms with Crippen LogP contribution in [-0.2, 0) is 10.0 Å². The molecular formula is C15H14N4O4S. The van der Waals surface area contributed by atoms with Crippen molar-refractivity contribution in [3.05, 3.63) is 41.6 Å². The molecule has 0 aliphatic carbocycles. The maximum atomic E-state index is 12.3. The second-order valence-corrected chi connectivity index (χ2v) is 6.23. The topological polar surface area (TPSA) is 110 Å². The Kier molecular flexibility index (Phi) is 5.01. The first-order chi connectivity index (χ1) is 11.4. The molecule has 0 aliphatic heterocycles. The number of hydrogen-bond donors (Lipinski definition) is 2. The molecule has 0 atom stereocenters. The summed E-state index contributed by atoms with van der Waals surface area (Å²) in [6.07, 6.45) is 5.27. The van der Waals surface area contributed by atoms with Gasteiger partial charge in [-0.15, -0.1) is 6.42 Å². The largest absolute Gasteiger partial charge is 0.481 e. The third kappa shape index (κ3) is 3.99. The van der Waals surface area contributed by atoms with Gasteiger partial charge in [-0.05, 0) is 19.1 Å². The van der Waals surface area contributed by atoms with E-state index in [0.29, 0.717) is 5.69 Å². The number of terminal acetylenes is 1. The lowest BCUT2D eigenvalue weighted by Gasteiger charge is -2.10. The number of benzene rings is 1. The lowest BCUT2D eigenvalue weighted by atomic mass is 10.2. The molecule has 2 aromatic rings. The second kappa shape index (κ2) is 6.97. The predicted molar refractivity (Wildman–Crippen MR) is 87.0 cm³/mol. The van der Waals surface area contributed by atoms with E-state index in [9.17, 15) is 13.2 Å². The summed E-state index contributed by atoms with van der Waals surface area (Å²) in [5.74, 6) is 2.40. The smallest absolute Gasteiger partial charge is 0.335 e. The highest BCUT2D eigenvalue weighted by atomic mass is 32.2. The zero-order valence-corrected chi connectivity index (χ0v) is 13.7. The molecule has 0 fully saturated rings. The molecule has 1 aromatic heterocycles. The molecule has 8 nitrogen and oxygen atoms in total. The first-order valence-corrected chi connectivity index (χ1v) is 8.13. The molecule has 0 bridgehead atoms. The van der Waals surface area contributed by atoms with Gasteiger partial charge < -0.3 is 4.74 Å². The maximum absolute atomic E-state index is 12.3. The number of anilines is 1. The molecule has 0 saturated carbocycles. The average molecular weight is 346 g/mol. The van der Waals surface area contributed by atoms with Crippen LogP contribution in [0, 0.1) is 19.3 Å². The van der Waals surface area contributed by atoms with Crippen LogP contribution in [-0.4, -0.2) is 31.5 Å². The molecule has 0 saturated heterocycles. The van der Waals surface area contributed by atoms with Gasteiger partial charge >= 0.3 is 6.03 Å². The summed E-state index contributed by atoms with van der Waals surface area (Å²) in [5, 5.41) is 2.24. The number of carbonyl (C=O) groups is 1. The molecule has 124 valence electrons. The van der Waals surface area contributed by atoms with Crippen LogP contribution in [0.5, 0.6) is 5.88 Å². The van der Waals surface area contributed by atoms with Crippen LogP contribution in [0.1, 0.15) is 11.3 Å². The summed E-state index contributed by atoms with van der Waals surface area (Å²) in [6, 6.07) is 6.40. The van der Waals surface area contributed by atoms with Gasteiger partial charge in [-0.2, -0.15) is 4.98 Å². The number of sulfonamides is 1.